The van der Waals surface area contributed by atoms with Crippen LogP contribution in [0, 0.1) is 5.82 Å². The number of ether oxygens (including phenoxy) is 1. The maximum Gasteiger partial charge on any atom is 0.126 e. The van der Waals surface area contributed by atoms with Crippen LogP contribution in [0.2, 0.25) is 0 Å². The van der Waals surface area contributed by atoms with Crippen molar-refractivity contribution in [3.63, 3.8) is 0 Å². The van der Waals surface area contributed by atoms with E-state index in [1.54, 1.807) is 6.07 Å². The Bertz CT molecular complexity index is 299. The Morgan fingerprint density at radius 2 is 2.21 bits per heavy atom. The van der Waals surface area contributed by atoms with Gasteiger partial charge in [-0.25, -0.2) is 4.39 Å². The van der Waals surface area contributed by atoms with Crippen molar-refractivity contribution in [2.24, 2.45) is 0 Å². The van der Waals surface area contributed by atoms with E-state index in [2.05, 4.69) is 0 Å². The molecule has 1 rings (SSSR count). The first kappa shape index (κ1) is 11.0. The van der Waals surface area contributed by atoms with Crippen molar-refractivity contribution in [2.75, 3.05) is 7.11 Å². The fourth-order valence-corrected chi connectivity index (χ4v) is 1.29. The lowest BCUT2D eigenvalue weighted by atomic mass is 10.1. The van der Waals surface area contributed by atoms with Crippen molar-refractivity contribution in [1.82, 2.24) is 0 Å². The third-order valence-electron chi connectivity index (χ3n) is 2.18. The van der Waals surface area contributed by atoms with E-state index in [0.29, 0.717) is 18.6 Å². The second-order valence-corrected chi connectivity index (χ2v) is 3.22. The summed E-state index contributed by atoms with van der Waals surface area (Å²) in [6, 6.07) is 4.35. The van der Waals surface area contributed by atoms with Crippen molar-refractivity contribution in [2.45, 2.75) is 25.9 Å². The molecule has 0 fully saturated rings. The van der Waals surface area contributed by atoms with Gasteiger partial charge in [-0.2, -0.15) is 0 Å². The molecule has 0 bridgehead atoms. The highest BCUT2D eigenvalue weighted by molar-refractivity contribution is 5.34. The highest BCUT2D eigenvalue weighted by Gasteiger charge is 2.08. The number of aliphatic hydroxyl groups excluding tert-OH is 1. The maximum atomic E-state index is 12.8. The van der Waals surface area contributed by atoms with Crippen LogP contribution in [0.4, 0.5) is 4.39 Å². The minimum Gasteiger partial charge on any atom is -0.496 e. The molecule has 1 atom stereocenters. The van der Waals surface area contributed by atoms with Crippen LogP contribution in [0.1, 0.15) is 18.9 Å². The smallest absolute Gasteiger partial charge is 0.126 e. The zero-order valence-electron chi connectivity index (χ0n) is 8.46. The van der Waals surface area contributed by atoms with E-state index >= 15 is 0 Å². The van der Waals surface area contributed by atoms with Crippen LogP contribution in [-0.4, -0.2) is 18.3 Å². The summed E-state index contributed by atoms with van der Waals surface area (Å²) in [5.41, 5.74) is 0.836. The molecule has 1 aromatic carbocycles. The molecule has 0 aliphatic rings. The van der Waals surface area contributed by atoms with Crippen LogP contribution in [0.15, 0.2) is 18.2 Å². The van der Waals surface area contributed by atoms with Gasteiger partial charge in [0.05, 0.1) is 13.2 Å². The molecule has 1 N–H and O–H groups in total. The lowest BCUT2D eigenvalue weighted by molar-refractivity contribution is 0.169. The molecule has 1 aromatic rings. The van der Waals surface area contributed by atoms with E-state index in [9.17, 15) is 9.50 Å². The zero-order valence-corrected chi connectivity index (χ0v) is 8.46. The molecule has 0 unspecified atom stereocenters. The number of benzene rings is 1. The molecule has 14 heavy (non-hydrogen) atoms. The van der Waals surface area contributed by atoms with E-state index in [1.165, 1.54) is 19.2 Å². The molecule has 0 amide bonds. The van der Waals surface area contributed by atoms with Gasteiger partial charge < -0.3 is 9.84 Å². The first-order valence-corrected chi connectivity index (χ1v) is 4.67. The van der Waals surface area contributed by atoms with Crippen molar-refractivity contribution < 1.29 is 14.2 Å². The molecule has 0 aliphatic heterocycles. The summed E-state index contributed by atoms with van der Waals surface area (Å²) < 4.78 is 17.8. The van der Waals surface area contributed by atoms with Gasteiger partial charge in [0.15, 0.2) is 0 Å². The van der Waals surface area contributed by atoms with Gasteiger partial charge in [0, 0.05) is 12.5 Å². The molecule has 0 spiro atoms. The van der Waals surface area contributed by atoms with Gasteiger partial charge in [-0.05, 0) is 18.1 Å². The lowest BCUT2D eigenvalue weighted by Crippen LogP contribution is -2.09. The number of aliphatic hydroxyl groups is 1. The third kappa shape index (κ3) is 2.70. The summed E-state index contributed by atoms with van der Waals surface area (Å²) in [6.45, 7) is 1.90. The minimum atomic E-state index is -0.394. The Kier molecular flexibility index (Phi) is 3.89. The largest absolute Gasteiger partial charge is 0.496 e. The van der Waals surface area contributed by atoms with E-state index in [1.807, 2.05) is 6.92 Å². The average molecular weight is 198 g/mol. The average Bonchev–Trinajstić information content (AvgIpc) is 2.20. The molecule has 0 saturated heterocycles. The Morgan fingerprint density at radius 1 is 1.50 bits per heavy atom. The Labute approximate surface area is 83.3 Å². The summed E-state index contributed by atoms with van der Waals surface area (Å²) in [7, 11) is 1.50. The molecule has 0 radical (unpaired) electrons. The van der Waals surface area contributed by atoms with E-state index < -0.39 is 6.10 Å². The second-order valence-electron chi connectivity index (χ2n) is 3.22. The molecule has 0 aromatic heterocycles. The Hall–Kier alpha value is -1.09. The van der Waals surface area contributed by atoms with Crippen LogP contribution in [0.25, 0.3) is 0 Å². The molecule has 78 valence electrons. The van der Waals surface area contributed by atoms with Gasteiger partial charge in [0.25, 0.3) is 0 Å². The number of methoxy groups -OCH3 is 1. The molecule has 0 saturated carbocycles. The summed E-state index contributed by atoms with van der Waals surface area (Å²) in [6.07, 6.45) is 0.787. The van der Waals surface area contributed by atoms with Crippen LogP contribution >= 0.6 is 0 Å². The number of hydrogen-bond acceptors (Lipinski definition) is 2. The highest BCUT2D eigenvalue weighted by Crippen LogP contribution is 2.21. The first-order valence-electron chi connectivity index (χ1n) is 4.67. The van der Waals surface area contributed by atoms with Crippen molar-refractivity contribution >= 4 is 0 Å². The zero-order chi connectivity index (χ0) is 10.6. The summed E-state index contributed by atoms with van der Waals surface area (Å²) in [5.74, 6) is 0.175. The standard InChI is InChI=1S/C11H15FO2/c1-3-10(13)6-8-4-5-9(12)7-11(8)14-2/h4-5,7,10,13H,3,6H2,1-2H3/t10-/m1/s1. The van der Waals surface area contributed by atoms with Crippen molar-refractivity contribution in [1.29, 1.82) is 0 Å². The van der Waals surface area contributed by atoms with Gasteiger partial charge in [0.2, 0.25) is 0 Å². The Morgan fingerprint density at radius 3 is 2.79 bits per heavy atom. The topological polar surface area (TPSA) is 29.5 Å². The molecule has 3 heteroatoms. The molecular formula is C11H15FO2. The van der Waals surface area contributed by atoms with Crippen LogP contribution in [0.5, 0.6) is 5.75 Å². The molecule has 0 heterocycles. The van der Waals surface area contributed by atoms with Gasteiger partial charge >= 0.3 is 0 Å². The molecule has 0 aliphatic carbocycles. The van der Waals surface area contributed by atoms with Gasteiger partial charge in [0.1, 0.15) is 11.6 Å². The normalized spacial score (nSPS) is 12.6. The maximum absolute atomic E-state index is 12.8. The quantitative estimate of drug-likeness (QED) is 0.803. The predicted molar refractivity (Wildman–Crippen MR) is 53.0 cm³/mol. The monoisotopic (exact) mass is 198 g/mol. The van der Waals surface area contributed by atoms with Gasteiger partial charge in [-0.15, -0.1) is 0 Å². The second kappa shape index (κ2) is 4.96. The summed E-state index contributed by atoms with van der Waals surface area (Å²) >= 11 is 0. The highest BCUT2D eigenvalue weighted by atomic mass is 19.1. The van der Waals surface area contributed by atoms with Crippen molar-refractivity contribution in [3.05, 3.63) is 29.6 Å². The third-order valence-corrected chi connectivity index (χ3v) is 2.18. The summed E-state index contributed by atoms with van der Waals surface area (Å²) in [4.78, 5) is 0. The summed E-state index contributed by atoms with van der Waals surface area (Å²) in [5, 5.41) is 9.45. The molecule has 2 nitrogen and oxygen atoms in total. The number of rotatable bonds is 4. The number of hydrogen-bond donors (Lipinski definition) is 1. The van der Waals surface area contributed by atoms with E-state index in [-0.39, 0.29) is 5.82 Å². The van der Waals surface area contributed by atoms with Crippen LogP contribution < -0.4 is 4.74 Å². The van der Waals surface area contributed by atoms with E-state index in [4.69, 9.17) is 4.74 Å². The fraction of sp³-hybridized carbons (Fsp3) is 0.455. The predicted octanol–water partition coefficient (Wildman–Crippen LogP) is 2.15. The van der Waals surface area contributed by atoms with Crippen LogP contribution in [0.3, 0.4) is 0 Å². The fourth-order valence-electron chi connectivity index (χ4n) is 1.29. The first-order chi connectivity index (χ1) is 6.67. The van der Waals surface area contributed by atoms with Crippen LogP contribution in [-0.2, 0) is 6.42 Å². The Balaban J connectivity index is 2.85. The number of halogens is 1. The SMILES string of the molecule is CC[C@@H](O)Cc1ccc(F)cc1OC. The molecular weight excluding hydrogens is 183 g/mol. The minimum absolute atomic E-state index is 0.323. The van der Waals surface area contributed by atoms with E-state index in [0.717, 1.165) is 5.56 Å². The van der Waals surface area contributed by atoms with Gasteiger partial charge in [-0.3, -0.25) is 0 Å². The lowest BCUT2D eigenvalue weighted by Gasteiger charge is -2.11. The van der Waals surface area contributed by atoms with Crippen molar-refractivity contribution in [3.8, 4) is 5.75 Å². The van der Waals surface area contributed by atoms with Gasteiger partial charge in [-0.1, -0.05) is 13.0 Å².